The Labute approximate surface area is 119 Å². The second-order valence-electron chi connectivity index (χ2n) is 4.41. The number of aromatic nitrogens is 4. The van der Waals surface area contributed by atoms with Gasteiger partial charge in [0.1, 0.15) is 5.69 Å². The summed E-state index contributed by atoms with van der Waals surface area (Å²) in [5.41, 5.74) is 8.45. The van der Waals surface area contributed by atoms with Gasteiger partial charge in [-0.25, -0.2) is 9.97 Å². The van der Waals surface area contributed by atoms with Crippen molar-refractivity contribution in [3.8, 4) is 11.5 Å². The smallest absolute Gasteiger partial charge is 0.161 e. The number of rotatable bonds is 3. The molecule has 98 valence electrons. The van der Waals surface area contributed by atoms with Gasteiger partial charge in [0.2, 0.25) is 0 Å². The van der Waals surface area contributed by atoms with E-state index in [1.165, 1.54) is 0 Å². The van der Waals surface area contributed by atoms with E-state index >= 15 is 0 Å². The van der Waals surface area contributed by atoms with Crippen LogP contribution in [0.2, 0.25) is 0 Å². The molecule has 0 aliphatic heterocycles. The maximum absolute atomic E-state index is 5.54. The largest absolute Gasteiger partial charge is 0.335 e. The van der Waals surface area contributed by atoms with Crippen LogP contribution in [0, 0.1) is 0 Å². The van der Waals surface area contributed by atoms with E-state index in [2.05, 4.69) is 30.5 Å². The molecule has 0 amide bonds. The van der Waals surface area contributed by atoms with E-state index in [-0.39, 0.29) is 0 Å². The topological polar surface area (TPSA) is 61.7 Å². The lowest BCUT2D eigenvalue weighted by atomic mass is 10.3. The van der Waals surface area contributed by atoms with Crippen molar-refractivity contribution in [2.45, 2.75) is 6.54 Å². The minimum atomic E-state index is 0.602. The highest BCUT2D eigenvalue weighted by atomic mass is 79.9. The Morgan fingerprint density at radius 2 is 2.21 bits per heavy atom. The molecule has 2 heterocycles. The van der Waals surface area contributed by atoms with Gasteiger partial charge in [-0.1, -0.05) is 15.9 Å². The Morgan fingerprint density at radius 3 is 3.00 bits per heavy atom. The van der Waals surface area contributed by atoms with Gasteiger partial charge in [-0.2, -0.15) is 0 Å². The van der Waals surface area contributed by atoms with Crippen molar-refractivity contribution >= 4 is 27.0 Å². The van der Waals surface area contributed by atoms with E-state index < -0.39 is 0 Å². The van der Waals surface area contributed by atoms with Gasteiger partial charge in [-0.3, -0.25) is 0 Å². The molecule has 2 N–H and O–H groups in total. The summed E-state index contributed by atoms with van der Waals surface area (Å²) in [6.07, 6.45) is 3.76. The molecule has 5 nitrogen and oxygen atoms in total. The van der Waals surface area contributed by atoms with E-state index in [9.17, 15) is 0 Å². The first-order chi connectivity index (χ1) is 9.19. The highest BCUT2D eigenvalue weighted by Gasteiger charge is 2.12. The van der Waals surface area contributed by atoms with Gasteiger partial charge in [0.15, 0.2) is 5.82 Å². The fourth-order valence-electron chi connectivity index (χ4n) is 2.15. The van der Waals surface area contributed by atoms with E-state index in [0.717, 1.165) is 33.6 Å². The number of halogens is 1. The molecular weight excluding hydrogens is 306 g/mol. The first-order valence-electron chi connectivity index (χ1n) is 6.03. The standard InChI is InChI=1S/C13H14BrN5/c1-18-12-3-2-9(14)6-10(12)17-13(18)11-7-19(5-4-15)8-16-11/h2-3,6-8H,4-5,15H2,1H3. The van der Waals surface area contributed by atoms with Gasteiger partial charge in [0.25, 0.3) is 0 Å². The molecule has 0 aliphatic rings. The molecule has 19 heavy (non-hydrogen) atoms. The summed E-state index contributed by atoms with van der Waals surface area (Å²) in [6, 6.07) is 6.07. The predicted octanol–water partition coefficient (Wildman–Crippen LogP) is 2.16. The van der Waals surface area contributed by atoms with Crippen molar-refractivity contribution in [1.82, 2.24) is 19.1 Å². The molecular formula is C13H14BrN5. The summed E-state index contributed by atoms with van der Waals surface area (Å²) in [5.74, 6) is 0.865. The first-order valence-corrected chi connectivity index (χ1v) is 6.82. The van der Waals surface area contributed by atoms with Crippen LogP contribution >= 0.6 is 15.9 Å². The zero-order chi connectivity index (χ0) is 13.4. The number of aryl methyl sites for hydroxylation is 1. The molecule has 0 spiro atoms. The summed E-state index contributed by atoms with van der Waals surface area (Å²) < 4.78 is 5.06. The second kappa shape index (κ2) is 4.79. The third kappa shape index (κ3) is 2.17. The van der Waals surface area contributed by atoms with Crippen LogP contribution in [0.3, 0.4) is 0 Å². The average molecular weight is 320 g/mol. The summed E-state index contributed by atoms with van der Waals surface area (Å²) in [4.78, 5) is 9.04. The van der Waals surface area contributed by atoms with Crippen molar-refractivity contribution in [2.75, 3.05) is 6.54 Å². The molecule has 0 radical (unpaired) electrons. The number of hydrogen-bond donors (Lipinski definition) is 1. The van der Waals surface area contributed by atoms with Crippen molar-refractivity contribution < 1.29 is 0 Å². The Morgan fingerprint density at radius 1 is 1.37 bits per heavy atom. The fourth-order valence-corrected chi connectivity index (χ4v) is 2.50. The number of imidazole rings is 2. The number of nitrogens with two attached hydrogens (primary N) is 1. The molecule has 0 fully saturated rings. The number of benzene rings is 1. The lowest BCUT2D eigenvalue weighted by Crippen LogP contribution is -2.07. The molecule has 0 atom stereocenters. The highest BCUT2D eigenvalue weighted by Crippen LogP contribution is 2.24. The highest BCUT2D eigenvalue weighted by molar-refractivity contribution is 9.10. The Bertz CT molecular complexity index is 728. The molecule has 2 aromatic heterocycles. The van der Waals surface area contributed by atoms with Crippen LogP contribution in [0.1, 0.15) is 0 Å². The van der Waals surface area contributed by atoms with Crippen molar-refractivity contribution in [2.24, 2.45) is 12.8 Å². The Hall–Kier alpha value is -1.66. The number of hydrogen-bond acceptors (Lipinski definition) is 3. The molecule has 1 aromatic carbocycles. The Balaban J connectivity index is 2.10. The molecule has 3 rings (SSSR count). The molecule has 3 aromatic rings. The predicted molar refractivity (Wildman–Crippen MR) is 78.7 cm³/mol. The van der Waals surface area contributed by atoms with E-state index in [0.29, 0.717) is 6.54 Å². The zero-order valence-corrected chi connectivity index (χ0v) is 12.1. The van der Waals surface area contributed by atoms with Gasteiger partial charge >= 0.3 is 0 Å². The minimum absolute atomic E-state index is 0.602. The maximum Gasteiger partial charge on any atom is 0.161 e. The third-order valence-corrected chi connectivity index (χ3v) is 3.59. The fraction of sp³-hybridized carbons (Fsp3) is 0.231. The van der Waals surface area contributed by atoms with Gasteiger partial charge in [-0.05, 0) is 18.2 Å². The van der Waals surface area contributed by atoms with Crippen molar-refractivity contribution in [1.29, 1.82) is 0 Å². The van der Waals surface area contributed by atoms with Crippen LogP contribution in [0.25, 0.3) is 22.6 Å². The monoisotopic (exact) mass is 319 g/mol. The SMILES string of the molecule is Cn1c(-c2cn(CCN)cn2)nc2cc(Br)ccc21. The summed E-state index contributed by atoms with van der Waals surface area (Å²) in [6.45, 7) is 1.37. The third-order valence-electron chi connectivity index (χ3n) is 3.09. The number of fused-ring (bicyclic) bond motifs is 1. The van der Waals surface area contributed by atoms with Crippen LogP contribution in [-0.4, -0.2) is 25.6 Å². The van der Waals surface area contributed by atoms with Crippen LogP contribution in [-0.2, 0) is 13.6 Å². The van der Waals surface area contributed by atoms with E-state index in [4.69, 9.17) is 5.73 Å². The molecule has 0 aliphatic carbocycles. The molecule has 6 heteroatoms. The van der Waals surface area contributed by atoms with Crippen LogP contribution in [0.4, 0.5) is 0 Å². The second-order valence-corrected chi connectivity index (χ2v) is 5.33. The van der Waals surface area contributed by atoms with Crippen LogP contribution in [0.15, 0.2) is 35.2 Å². The summed E-state index contributed by atoms with van der Waals surface area (Å²) in [7, 11) is 2.00. The van der Waals surface area contributed by atoms with Gasteiger partial charge < -0.3 is 14.9 Å². The van der Waals surface area contributed by atoms with Gasteiger partial charge in [0, 0.05) is 30.8 Å². The molecule has 0 saturated heterocycles. The van der Waals surface area contributed by atoms with Crippen LogP contribution in [0.5, 0.6) is 0 Å². The summed E-state index contributed by atoms with van der Waals surface area (Å²) in [5, 5.41) is 0. The molecule has 0 saturated carbocycles. The van der Waals surface area contributed by atoms with Gasteiger partial charge in [-0.15, -0.1) is 0 Å². The maximum atomic E-state index is 5.54. The van der Waals surface area contributed by atoms with E-state index in [1.54, 1.807) is 6.33 Å². The minimum Gasteiger partial charge on any atom is -0.335 e. The van der Waals surface area contributed by atoms with Crippen molar-refractivity contribution in [3.05, 3.63) is 35.2 Å². The zero-order valence-electron chi connectivity index (χ0n) is 10.5. The normalized spacial score (nSPS) is 11.3. The van der Waals surface area contributed by atoms with Crippen LogP contribution < -0.4 is 5.73 Å². The average Bonchev–Trinajstić information content (AvgIpc) is 2.95. The Kier molecular flexibility index (Phi) is 3.12. The summed E-state index contributed by atoms with van der Waals surface area (Å²) >= 11 is 3.46. The number of nitrogens with zero attached hydrogens (tertiary/aromatic N) is 4. The molecule has 0 unspecified atom stereocenters. The van der Waals surface area contributed by atoms with E-state index in [1.807, 2.05) is 36.0 Å². The quantitative estimate of drug-likeness (QED) is 0.804. The first kappa shape index (κ1) is 12.4. The lowest BCUT2D eigenvalue weighted by Gasteiger charge is -1.99. The van der Waals surface area contributed by atoms with Crippen molar-refractivity contribution in [3.63, 3.8) is 0 Å². The lowest BCUT2D eigenvalue weighted by molar-refractivity contribution is 0.708. The van der Waals surface area contributed by atoms with Gasteiger partial charge in [0.05, 0.1) is 17.4 Å². The molecule has 0 bridgehead atoms.